The lowest BCUT2D eigenvalue weighted by atomic mass is 9.81. The van der Waals surface area contributed by atoms with Crippen LogP contribution >= 0.6 is 0 Å². The predicted octanol–water partition coefficient (Wildman–Crippen LogP) is 20.2. The van der Waals surface area contributed by atoms with Gasteiger partial charge < -0.3 is 19.3 Å². The van der Waals surface area contributed by atoms with Gasteiger partial charge in [-0.05, 0) is 210 Å². The minimum atomic E-state index is -0.268. The molecular formula is C75H62F2N2O2. The number of nitrogens with zero attached hydrogens (tertiary/aromatic N) is 2. The number of anilines is 6. The molecule has 3 aliphatic rings. The Bertz CT molecular complexity index is 3900. The van der Waals surface area contributed by atoms with Crippen LogP contribution in [-0.2, 0) is 16.2 Å². The number of hydrogen-bond acceptors (Lipinski definition) is 4. The van der Waals surface area contributed by atoms with Crippen molar-refractivity contribution in [1.82, 2.24) is 0 Å². The maximum atomic E-state index is 14.2. The van der Waals surface area contributed by atoms with Crippen LogP contribution < -0.4 is 19.3 Å². The summed E-state index contributed by atoms with van der Waals surface area (Å²) in [5.74, 6) is 1.02. The van der Waals surface area contributed by atoms with E-state index < -0.39 is 0 Å². The Morgan fingerprint density at radius 3 is 0.765 bits per heavy atom. The van der Waals surface area contributed by atoms with Crippen LogP contribution in [0.3, 0.4) is 0 Å². The normalized spacial score (nSPS) is 14.5. The topological polar surface area (TPSA) is 24.9 Å². The van der Waals surface area contributed by atoms with Crippen LogP contribution in [0.15, 0.2) is 206 Å². The fraction of sp³-hybridized carbons (Fsp3) is 0.147. The molecule has 0 bridgehead atoms. The first-order chi connectivity index (χ1) is 39.1. The molecule has 3 aliphatic carbocycles. The molecule has 6 heteroatoms. The zero-order valence-electron chi connectivity index (χ0n) is 46.9. The van der Waals surface area contributed by atoms with Gasteiger partial charge in [0, 0.05) is 50.4 Å². The monoisotopic (exact) mass is 1060 g/mol. The van der Waals surface area contributed by atoms with E-state index in [2.05, 4.69) is 185 Å². The van der Waals surface area contributed by atoms with Crippen molar-refractivity contribution in [3.63, 3.8) is 0 Å². The van der Waals surface area contributed by atoms with E-state index in [9.17, 15) is 8.78 Å². The Labute approximate surface area is 474 Å². The Morgan fingerprint density at radius 2 is 0.506 bits per heavy atom. The first-order valence-electron chi connectivity index (χ1n) is 27.7. The third-order valence-electron chi connectivity index (χ3n) is 17.4. The Hall–Kier alpha value is -9.26. The third kappa shape index (κ3) is 8.81. The maximum Gasteiger partial charge on any atom is 0.123 e. The molecule has 81 heavy (non-hydrogen) atoms. The molecule has 0 aliphatic heterocycles. The first-order valence-corrected chi connectivity index (χ1v) is 27.7. The van der Waals surface area contributed by atoms with Crippen molar-refractivity contribution < 1.29 is 18.3 Å². The van der Waals surface area contributed by atoms with Gasteiger partial charge in [-0.1, -0.05) is 151 Å². The third-order valence-corrected chi connectivity index (χ3v) is 17.4. The molecular weight excluding hydrogens is 999 g/mol. The molecule has 0 saturated carbocycles. The molecule has 4 nitrogen and oxygen atoms in total. The minimum Gasteiger partial charge on any atom is -0.497 e. The van der Waals surface area contributed by atoms with E-state index in [1.807, 2.05) is 72.8 Å². The Kier molecular flexibility index (Phi) is 12.3. The van der Waals surface area contributed by atoms with E-state index in [4.69, 9.17) is 9.47 Å². The maximum absolute atomic E-state index is 14.2. The average Bonchev–Trinajstić information content (AvgIpc) is 3.24. The highest BCUT2D eigenvalue weighted by Gasteiger charge is 2.39. The summed E-state index contributed by atoms with van der Waals surface area (Å²) in [5.41, 5.74) is 24.9. The molecule has 0 N–H and O–H groups in total. The first kappa shape index (κ1) is 51.2. The van der Waals surface area contributed by atoms with E-state index in [1.165, 1.54) is 102 Å². The molecule has 0 spiro atoms. The van der Waals surface area contributed by atoms with Gasteiger partial charge >= 0.3 is 0 Å². The highest BCUT2D eigenvalue weighted by atomic mass is 19.1. The van der Waals surface area contributed by atoms with Crippen molar-refractivity contribution >= 4 is 58.4 Å². The summed E-state index contributed by atoms with van der Waals surface area (Å²) in [7, 11) is 3.33. The highest BCUT2D eigenvalue weighted by Crippen LogP contribution is 2.54. The predicted molar refractivity (Wildman–Crippen MR) is 332 cm³/mol. The molecule has 0 aromatic heterocycles. The lowest BCUT2D eigenvalue weighted by Crippen LogP contribution is -2.16. The molecule has 0 amide bonds. The van der Waals surface area contributed by atoms with Crippen LogP contribution in [0.2, 0.25) is 0 Å². The zero-order valence-corrected chi connectivity index (χ0v) is 46.9. The van der Waals surface area contributed by atoms with Gasteiger partial charge in [-0.2, -0.15) is 0 Å². The summed E-state index contributed by atoms with van der Waals surface area (Å²) < 4.78 is 39.3. The van der Waals surface area contributed by atoms with E-state index in [0.717, 1.165) is 56.8 Å². The van der Waals surface area contributed by atoms with Gasteiger partial charge in [0.05, 0.1) is 14.2 Å². The number of hydrogen-bond donors (Lipinski definition) is 0. The minimum absolute atomic E-state index is 0.192. The molecule has 10 aromatic rings. The second-order valence-corrected chi connectivity index (χ2v) is 23.2. The van der Waals surface area contributed by atoms with Crippen LogP contribution in [0.1, 0.15) is 97.2 Å². The highest BCUT2D eigenvalue weighted by molar-refractivity contribution is 5.90. The summed E-state index contributed by atoms with van der Waals surface area (Å²) in [6.07, 6.45) is 8.99. The zero-order chi connectivity index (χ0) is 56.0. The molecule has 0 atom stereocenters. The fourth-order valence-corrected chi connectivity index (χ4v) is 12.9. The van der Waals surface area contributed by atoms with Crippen LogP contribution in [-0.4, -0.2) is 14.2 Å². The van der Waals surface area contributed by atoms with Gasteiger partial charge in [0.15, 0.2) is 0 Å². The largest absolute Gasteiger partial charge is 0.497 e. The molecule has 0 unspecified atom stereocenters. The van der Waals surface area contributed by atoms with Gasteiger partial charge in [-0.25, -0.2) is 8.78 Å². The van der Waals surface area contributed by atoms with E-state index in [0.29, 0.717) is 0 Å². The molecule has 13 rings (SSSR count). The number of fused-ring (bicyclic) bond motifs is 9. The summed E-state index contributed by atoms with van der Waals surface area (Å²) in [5, 5.41) is 0. The van der Waals surface area contributed by atoms with Gasteiger partial charge in [-0.3, -0.25) is 0 Å². The van der Waals surface area contributed by atoms with Gasteiger partial charge in [0.2, 0.25) is 0 Å². The van der Waals surface area contributed by atoms with E-state index in [1.54, 1.807) is 14.2 Å². The summed E-state index contributed by atoms with van der Waals surface area (Å²) in [6.45, 7) is 13.9. The van der Waals surface area contributed by atoms with Crippen LogP contribution in [0.5, 0.6) is 11.5 Å². The van der Waals surface area contributed by atoms with Crippen molar-refractivity contribution in [2.75, 3.05) is 24.0 Å². The van der Waals surface area contributed by atoms with Gasteiger partial charge in [-0.15, -0.1) is 0 Å². The summed E-state index contributed by atoms with van der Waals surface area (Å²) in [4.78, 5) is 4.34. The van der Waals surface area contributed by atoms with Crippen LogP contribution in [0.4, 0.5) is 42.9 Å². The summed E-state index contributed by atoms with van der Waals surface area (Å²) in [6, 6.07) is 70.2. The average molecular weight is 1060 g/mol. The quantitative estimate of drug-likeness (QED) is 0.114. The van der Waals surface area contributed by atoms with Crippen LogP contribution in [0.25, 0.3) is 57.7 Å². The number of methoxy groups -OCH3 is 2. The van der Waals surface area contributed by atoms with Crippen molar-refractivity contribution in [2.24, 2.45) is 0 Å². The SMILES string of the molecule is COc1ccc(N(c2ccc(F)cc2)c2ccc3c(c2)C(C)(C)c2cc(C=Cc4ccc5c(c4)C(C)(C)c4cc(C=Cc6ccc7c(c6)C(C)(C)c6cc(N(c8ccc(F)cc8)c8ccc(OC)cc8)ccc6-7)ccc4-5)ccc2-3)cc1. The van der Waals surface area contributed by atoms with E-state index in [-0.39, 0.29) is 27.9 Å². The van der Waals surface area contributed by atoms with Gasteiger partial charge in [0.1, 0.15) is 23.1 Å². The Morgan fingerprint density at radius 1 is 0.284 bits per heavy atom. The second-order valence-electron chi connectivity index (χ2n) is 23.2. The van der Waals surface area contributed by atoms with Crippen molar-refractivity contribution in [3.8, 4) is 44.9 Å². The Balaban J connectivity index is 0.727. The lowest BCUT2D eigenvalue weighted by molar-refractivity contribution is 0.414. The second kappa shape index (κ2) is 19.5. The number of halogens is 2. The molecule has 0 radical (unpaired) electrons. The van der Waals surface area contributed by atoms with E-state index >= 15 is 0 Å². The van der Waals surface area contributed by atoms with Crippen LogP contribution in [0, 0.1) is 11.6 Å². The fourth-order valence-electron chi connectivity index (χ4n) is 12.9. The van der Waals surface area contributed by atoms with Crippen molar-refractivity contribution in [1.29, 1.82) is 0 Å². The lowest BCUT2D eigenvalue weighted by Gasteiger charge is -2.28. The molecule has 0 fully saturated rings. The number of ether oxygens (including phenoxy) is 2. The molecule has 10 aromatic carbocycles. The summed E-state index contributed by atoms with van der Waals surface area (Å²) >= 11 is 0. The smallest absolute Gasteiger partial charge is 0.123 e. The van der Waals surface area contributed by atoms with Crippen molar-refractivity contribution in [3.05, 3.63) is 274 Å². The molecule has 0 saturated heterocycles. The van der Waals surface area contributed by atoms with Crippen molar-refractivity contribution in [2.45, 2.75) is 57.8 Å². The molecule has 0 heterocycles. The number of rotatable bonds is 12. The molecule has 398 valence electrons. The standard InChI is InChI=1S/C75H62F2N2O2/c1-73(2)67-41-47(9-11-49-15-37-63-65-39-29-57(45-71(65)74(3,4)69(63)43-49)78(53-21-17-51(76)18-22-53)55-25-31-59(80-7)32-26-55)13-35-61(67)62-36-14-48(42-68(62)73)10-12-50-16-38-64-66-40-30-58(46-72(66)75(5,6)70(64)44-50)79(54-23-19-52(77)20-24-54)56-27-33-60(81-8)34-28-56/h9-46H,1-8H3. The number of benzene rings is 10. The van der Waals surface area contributed by atoms with Gasteiger partial charge in [0.25, 0.3) is 0 Å².